The first kappa shape index (κ1) is 17.7. The average molecular weight is 332 g/mol. The normalized spacial score (nSPS) is 13.3. The van der Waals surface area contributed by atoms with E-state index in [0.717, 1.165) is 5.39 Å². The molecule has 0 saturated carbocycles. The molecule has 0 aliphatic heterocycles. The number of aryl methyl sites for hydroxylation is 1. The standard InChI is InChI=1S/C17H20N2O5/c1-4-24-15(20)13-10(2)11-7-5-6-8-12(11)19-14(13)18-9-17(3,23)16(21)22/h5-8,23H,4,9H2,1-3H3,(H,18,19)(H,21,22). The third kappa shape index (κ3) is 3.46. The van der Waals surface area contributed by atoms with Crippen molar-refractivity contribution < 1.29 is 24.5 Å². The summed E-state index contributed by atoms with van der Waals surface area (Å²) in [5, 5.41) is 22.4. The minimum Gasteiger partial charge on any atom is -0.479 e. The van der Waals surface area contributed by atoms with E-state index < -0.39 is 17.5 Å². The van der Waals surface area contributed by atoms with Gasteiger partial charge in [-0.2, -0.15) is 0 Å². The Hall–Kier alpha value is -2.67. The highest BCUT2D eigenvalue weighted by atomic mass is 16.5. The quantitative estimate of drug-likeness (QED) is 0.694. The van der Waals surface area contributed by atoms with Crippen LogP contribution in [0.2, 0.25) is 0 Å². The van der Waals surface area contributed by atoms with E-state index in [2.05, 4.69) is 10.3 Å². The summed E-state index contributed by atoms with van der Waals surface area (Å²) in [5.41, 5.74) is -0.429. The van der Waals surface area contributed by atoms with Gasteiger partial charge >= 0.3 is 11.9 Å². The van der Waals surface area contributed by atoms with Crippen LogP contribution in [-0.4, -0.2) is 45.9 Å². The van der Waals surface area contributed by atoms with Crippen LogP contribution in [-0.2, 0) is 9.53 Å². The second-order valence-electron chi connectivity index (χ2n) is 5.63. The maximum Gasteiger partial charge on any atom is 0.342 e. The molecule has 7 heteroatoms. The predicted octanol–water partition coefficient (Wildman–Crippen LogP) is 1.97. The number of aliphatic carboxylic acids is 1. The average Bonchev–Trinajstić information content (AvgIpc) is 2.53. The molecule has 1 atom stereocenters. The Balaban J connectivity index is 2.51. The van der Waals surface area contributed by atoms with Gasteiger partial charge in [0, 0.05) is 5.39 Å². The minimum atomic E-state index is -1.99. The largest absolute Gasteiger partial charge is 0.479 e. The number of carbonyl (C=O) groups excluding carboxylic acids is 1. The minimum absolute atomic E-state index is 0.186. The molecule has 7 nitrogen and oxygen atoms in total. The molecule has 1 unspecified atom stereocenters. The highest BCUT2D eigenvalue weighted by Gasteiger charge is 2.31. The van der Waals surface area contributed by atoms with Crippen LogP contribution < -0.4 is 5.32 Å². The van der Waals surface area contributed by atoms with E-state index in [4.69, 9.17) is 9.84 Å². The van der Waals surface area contributed by atoms with E-state index in [9.17, 15) is 14.7 Å². The molecule has 0 aliphatic rings. The number of aromatic nitrogens is 1. The number of fused-ring (bicyclic) bond motifs is 1. The number of aliphatic hydroxyl groups is 1. The molecule has 1 heterocycles. The van der Waals surface area contributed by atoms with Crippen molar-refractivity contribution in [3.63, 3.8) is 0 Å². The van der Waals surface area contributed by atoms with Gasteiger partial charge in [-0.3, -0.25) is 0 Å². The third-order valence-corrected chi connectivity index (χ3v) is 3.69. The van der Waals surface area contributed by atoms with Crippen LogP contribution in [0.15, 0.2) is 24.3 Å². The molecule has 0 saturated heterocycles. The van der Waals surface area contributed by atoms with Crippen LogP contribution >= 0.6 is 0 Å². The topological polar surface area (TPSA) is 109 Å². The molecule has 0 spiro atoms. The lowest BCUT2D eigenvalue weighted by Crippen LogP contribution is -2.42. The number of nitrogens with zero attached hydrogens (tertiary/aromatic N) is 1. The monoisotopic (exact) mass is 332 g/mol. The summed E-state index contributed by atoms with van der Waals surface area (Å²) >= 11 is 0. The molecule has 2 rings (SSSR count). The van der Waals surface area contributed by atoms with E-state index in [0.29, 0.717) is 11.1 Å². The van der Waals surface area contributed by atoms with Crippen molar-refractivity contribution in [2.45, 2.75) is 26.4 Å². The van der Waals surface area contributed by atoms with Gasteiger partial charge in [-0.1, -0.05) is 18.2 Å². The van der Waals surface area contributed by atoms with Crippen LogP contribution in [0.5, 0.6) is 0 Å². The van der Waals surface area contributed by atoms with Gasteiger partial charge in [0.05, 0.1) is 18.7 Å². The van der Waals surface area contributed by atoms with E-state index in [1.54, 1.807) is 19.9 Å². The zero-order valence-corrected chi connectivity index (χ0v) is 13.8. The van der Waals surface area contributed by atoms with Gasteiger partial charge in [0.15, 0.2) is 5.60 Å². The second kappa shape index (κ2) is 6.84. The molecule has 0 fully saturated rings. The molecule has 128 valence electrons. The molecule has 0 bridgehead atoms. The molecule has 0 aliphatic carbocycles. The van der Waals surface area contributed by atoms with Crippen LogP contribution in [0.1, 0.15) is 29.8 Å². The number of hydrogen-bond acceptors (Lipinski definition) is 6. The van der Waals surface area contributed by atoms with Crippen molar-refractivity contribution in [1.82, 2.24) is 4.98 Å². The van der Waals surface area contributed by atoms with Crippen molar-refractivity contribution in [3.8, 4) is 0 Å². The third-order valence-electron chi connectivity index (χ3n) is 3.69. The molecule has 1 aromatic heterocycles. The van der Waals surface area contributed by atoms with Gasteiger partial charge in [-0.25, -0.2) is 14.6 Å². The molecule has 0 radical (unpaired) electrons. The van der Waals surface area contributed by atoms with E-state index in [-0.39, 0.29) is 24.5 Å². The number of para-hydroxylation sites is 1. The summed E-state index contributed by atoms with van der Waals surface area (Å²) in [7, 11) is 0. The highest BCUT2D eigenvalue weighted by molar-refractivity contribution is 6.02. The van der Waals surface area contributed by atoms with Crippen molar-refractivity contribution in [1.29, 1.82) is 0 Å². The van der Waals surface area contributed by atoms with E-state index >= 15 is 0 Å². The Labute approximate surface area is 139 Å². The second-order valence-corrected chi connectivity index (χ2v) is 5.63. The number of hydrogen-bond donors (Lipinski definition) is 3. The van der Waals surface area contributed by atoms with Crippen LogP contribution in [0.3, 0.4) is 0 Å². The first-order chi connectivity index (χ1) is 11.3. The van der Waals surface area contributed by atoms with Gasteiger partial charge in [0.25, 0.3) is 0 Å². The lowest BCUT2D eigenvalue weighted by atomic mass is 10.0. The molecular formula is C17H20N2O5. The zero-order valence-electron chi connectivity index (χ0n) is 13.8. The van der Waals surface area contributed by atoms with Gasteiger partial charge < -0.3 is 20.3 Å². The van der Waals surface area contributed by atoms with Gasteiger partial charge in [-0.05, 0) is 32.4 Å². The smallest absolute Gasteiger partial charge is 0.342 e. The Morgan fingerprint density at radius 1 is 1.33 bits per heavy atom. The van der Waals surface area contributed by atoms with Crippen LogP contribution in [0, 0.1) is 6.92 Å². The van der Waals surface area contributed by atoms with Crippen LogP contribution in [0.4, 0.5) is 5.82 Å². The summed E-state index contributed by atoms with van der Waals surface area (Å²) < 4.78 is 5.08. The number of nitrogens with one attached hydrogen (secondary N) is 1. The maximum atomic E-state index is 12.3. The first-order valence-electron chi connectivity index (χ1n) is 7.54. The number of carboxylic acids is 1. The highest BCUT2D eigenvalue weighted by Crippen LogP contribution is 2.27. The summed E-state index contributed by atoms with van der Waals surface area (Å²) in [6.45, 7) is 4.54. The molecule has 24 heavy (non-hydrogen) atoms. The summed E-state index contributed by atoms with van der Waals surface area (Å²) in [6, 6.07) is 7.29. The summed E-state index contributed by atoms with van der Waals surface area (Å²) in [5.74, 6) is -1.73. The molecule has 1 aromatic carbocycles. The van der Waals surface area contributed by atoms with Gasteiger partial charge in [0.2, 0.25) is 0 Å². The van der Waals surface area contributed by atoms with E-state index in [1.165, 1.54) is 6.92 Å². The number of pyridine rings is 1. The number of benzene rings is 1. The molecule has 2 aromatic rings. The zero-order chi connectivity index (χ0) is 17.9. The lowest BCUT2D eigenvalue weighted by molar-refractivity contribution is -0.155. The Bertz CT molecular complexity index is 786. The fourth-order valence-electron chi connectivity index (χ4n) is 2.29. The van der Waals surface area contributed by atoms with Crippen molar-refractivity contribution in [3.05, 3.63) is 35.4 Å². The lowest BCUT2D eigenvalue weighted by Gasteiger charge is -2.21. The molecule has 3 N–H and O–H groups in total. The Morgan fingerprint density at radius 2 is 2.00 bits per heavy atom. The summed E-state index contributed by atoms with van der Waals surface area (Å²) in [4.78, 5) is 27.7. The maximum absolute atomic E-state index is 12.3. The van der Waals surface area contributed by atoms with Crippen molar-refractivity contribution in [2.24, 2.45) is 0 Å². The molecular weight excluding hydrogens is 312 g/mol. The number of ether oxygens (including phenoxy) is 1. The SMILES string of the molecule is CCOC(=O)c1c(NCC(C)(O)C(=O)O)nc2ccccc2c1C. The number of anilines is 1. The number of carboxylic acid groups (broad SMARTS) is 1. The number of esters is 1. The molecule has 0 amide bonds. The Kier molecular flexibility index (Phi) is 5.04. The fourth-order valence-corrected chi connectivity index (χ4v) is 2.29. The van der Waals surface area contributed by atoms with Gasteiger partial charge in [-0.15, -0.1) is 0 Å². The number of rotatable bonds is 6. The Morgan fingerprint density at radius 3 is 2.62 bits per heavy atom. The number of carbonyl (C=O) groups is 2. The summed E-state index contributed by atoms with van der Waals surface area (Å²) in [6.07, 6.45) is 0. The van der Waals surface area contributed by atoms with Crippen molar-refractivity contribution >= 4 is 28.7 Å². The first-order valence-corrected chi connectivity index (χ1v) is 7.54. The fraction of sp³-hybridized carbons (Fsp3) is 0.353. The van der Waals surface area contributed by atoms with Crippen LogP contribution in [0.25, 0.3) is 10.9 Å². The van der Waals surface area contributed by atoms with Crippen molar-refractivity contribution in [2.75, 3.05) is 18.5 Å². The van der Waals surface area contributed by atoms with Gasteiger partial charge in [0.1, 0.15) is 11.4 Å². The van der Waals surface area contributed by atoms with E-state index in [1.807, 2.05) is 18.2 Å². The predicted molar refractivity (Wildman–Crippen MR) is 89.2 cm³/mol.